The van der Waals surface area contributed by atoms with Crippen molar-refractivity contribution >= 4 is 9.84 Å². The van der Waals surface area contributed by atoms with Crippen LogP contribution in [0.15, 0.2) is 0 Å². The Kier molecular flexibility index (Phi) is 0.743. The first kappa shape index (κ1) is 5.68. The molecule has 2 fully saturated rings. The molecular formula is C5H8O3S. The van der Waals surface area contributed by atoms with E-state index in [9.17, 15) is 8.42 Å². The smallest absolute Gasteiger partial charge is 0.188 e. The Morgan fingerprint density at radius 2 is 2.33 bits per heavy atom. The van der Waals surface area contributed by atoms with Crippen LogP contribution < -0.4 is 0 Å². The molecule has 0 radical (unpaired) electrons. The Morgan fingerprint density at radius 1 is 1.67 bits per heavy atom. The Bertz CT molecular complexity index is 243. The summed E-state index contributed by atoms with van der Waals surface area (Å²) in [6.45, 7) is 1.85. The molecule has 3 nitrogen and oxygen atoms in total. The van der Waals surface area contributed by atoms with Crippen molar-refractivity contribution in [3.05, 3.63) is 0 Å². The maximum atomic E-state index is 10.9. The number of hydrogen-bond acceptors (Lipinski definition) is 3. The van der Waals surface area contributed by atoms with Gasteiger partial charge in [-0.2, -0.15) is 0 Å². The number of sulfone groups is 1. The van der Waals surface area contributed by atoms with Crippen LogP contribution in [0.4, 0.5) is 0 Å². The monoisotopic (exact) mass is 148 g/mol. The lowest BCUT2D eigenvalue weighted by atomic mass is 10.1. The molecule has 2 aliphatic heterocycles. The summed E-state index contributed by atoms with van der Waals surface area (Å²) in [5, 5.41) is 0. The maximum Gasteiger partial charge on any atom is 0.188 e. The van der Waals surface area contributed by atoms with Crippen molar-refractivity contribution in [2.24, 2.45) is 0 Å². The van der Waals surface area contributed by atoms with Crippen molar-refractivity contribution in [2.45, 2.75) is 24.4 Å². The summed E-state index contributed by atoms with van der Waals surface area (Å²) < 4.78 is 26.7. The normalized spacial score (nSPS) is 52.8. The third-order valence-corrected chi connectivity index (χ3v) is 4.05. The van der Waals surface area contributed by atoms with Crippen LogP contribution in [-0.4, -0.2) is 25.2 Å². The molecule has 0 aliphatic carbocycles. The van der Waals surface area contributed by atoms with Gasteiger partial charge in [0, 0.05) is 0 Å². The highest BCUT2D eigenvalue weighted by molar-refractivity contribution is 7.92. The van der Waals surface area contributed by atoms with E-state index in [2.05, 4.69) is 0 Å². The van der Waals surface area contributed by atoms with Gasteiger partial charge in [-0.15, -0.1) is 0 Å². The Balaban J connectivity index is 2.42. The third-order valence-electron chi connectivity index (χ3n) is 2.03. The minimum atomic E-state index is -2.83. The molecule has 0 bridgehead atoms. The molecule has 0 unspecified atom stereocenters. The first-order valence-electron chi connectivity index (χ1n) is 2.94. The van der Waals surface area contributed by atoms with Crippen LogP contribution in [0.2, 0.25) is 0 Å². The number of fused-ring (bicyclic) bond motifs is 1. The van der Waals surface area contributed by atoms with Crippen LogP contribution in [0.1, 0.15) is 13.3 Å². The molecule has 2 aliphatic rings. The molecule has 0 N–H and O–H groups in total. The predicted molar refractivity (Wildman–Crippen MR) is 31.7 cm³/mol. The standard InChI is InChI=1S/C5H8O3S/c1-5-2-3-9(6,7)4(5)8-5/h4H,2-3H2,1H3/t4-,5+/m1/s1. The summed E-state index contributed by atoms with van der Waals surface area (Å²) in [4.78, 5) is 0. The Labute approximate surface area is 53.9 Å². The van der Waals surface area contributed by atoms with Gasteiger partial charge in [0.05, 0.1) is 5.75 Å². The molecule has 2 saturated heterocycles. The van der Waals surface area contributed by atoms with Gasteiger partial charge in [0.15, 0.2) is 15.3 Å². The summed E-state index contributed by atoms with van der Waals surface area (Å²) in [5.74, 6) is 0.314. The van der Waals surface area contributed by atoms with Crippen molar-refractivity contribution in [3.8, 4) is 0 Å². The van der Waals surface area contributed by atoms with Crippen LogP contribution >= 0.6 is 0 Å². The van der Waals surface area contributed by atoms with Gasteiger partial charge in [-0.3, -0.25) is 0 Å². The highest BCUT2D eigenvalue weighted by Crippen LogP contribution is 2.48. The summed E-state index contributed by atoms with van der Waals surface area (Å²) in [6.07, 6.45) is 0.681. The van der Waals surface area contributed by atoms with Crippen LogP contribution in [0.3, 0.4) is 0 Å². The van der Waals surface area contributed by atoms with Crippen molar-refractivity contribution in [1.82, 2.24) is 0 Å². The second-order valence-corrected chi connectivity index (χ2v) is 5.04. The van der Waals surface area contributed by atoms with Crippen LogP contribution in [0.25, 0.3) is 0 Å². The first-order valence-corrected chi connectivity index (χ1v) is 4.66. The predicted octanol–water partition coefficient (Wildman–Crippen LogP) is -0.0801. The second-order valence-electron chi connectivity index (χ2n) is 2.88. The van der Waals surface area contributed by atoms with Crippen molar-refractivity contribution in [1.29, 1.82) is 0 Å². The molecule has 4 heteroatoms. The third kappa shape index (κ3) is 0.576. The Morgan fingerprint density at radius 3 is 2.44 bits per heavy atom. The molecule has 0 aromatic rings. The SMILES string of the molecule is C[C@]12CCS(=O)(=O)[C@H]1O2. The zero-order valence-electron chi connectivity index (χ0n) is 5.12. The molecule has 52 valence electrons. The van der Waals surface area contributed by atoms with E-state index in [1.54, 1.807) is 0 Å². The number of hydrogen-bond donors (Lipinski definition) is 0. The minimum Gasteiger partial charge on any atom is -0.349 e. The topological polar surface area (TPSA) is 46.7 Å². The molecule has 0 aromatic heterocycles. The van der Waals surface area contributed by atoms with Crippen molar-refractivity contribution in [3.63, 3.8) is 0 Å². The van der Waals surface area contributed by atoms with Gasteiger partial charge < -0.3 is 4.74 Å². The molecular weight excluding hydrogens is 140 g/mol. The van der Waals surface area contributed by atoms with Gasteiger partial charge in [0.2, 0.25) is 0 Å². The van der Waals surface area contributed by atoms with E-state index in [1.165, 1.54) is 0 Å². The van der Waals surface area contributed by atoms with Crippen LogP contribution in [0, 0.1) is 0 Å². The fraction of sp³-hybridized carbons (Fsp3) is 1.00. The zero-order chi connectivity index (χ0) is 6.70. The quantitative estimate of drug-likeness (QED) is 0.451. The maximum absolute atomic E-state index is 10.9. The lowest BCUT2D eigenvalue weighted by molar-refractivity contribution is 0.305. The molecule has 2 rings (SSSR count). The van der Waals surface area contributed by atoms with Gasteiger partial charge in [-0.25, -0.2) is 8.42 Å². The largest absolute Gasteiger partial charge is 0.349 e. The first-order chi connectivity index (χ1) is 4.05. The fourth-order valence-corrected chi connectivity index (χ4v) is 3.44. The average Bonchev–Trinajstić information content (AvgIpc) is 2.35. The number of ether oxygens (including phenoxy) is 1. The van der Waals surface area contributed by atoms with Gasteiger partial charge in [0.25, 0.3) is 0 Å². The van der Waals surface area contributed by atoms with Crippen LogP contribution in [-0.2, 0) is 14.6 Å². The second kappa shape index (κ2) is 1.18. The summed E-state index contributed by atoms with van der Waals surface area (Å²) in [7, 11) is -2.83. The van der Waals surface area contributed by atoms with E-state index < -0.39 is 15.3 Å². The summed E-state index contributed by atoms with van der Waals surface area (Å²) in [6, 6.07) is 0. The summed E-state index contributed by atoms with van der Waals surface area (Å²) in [5.41, 5.74) is -0.747. The highest BCUT2D eigenvalue weighted by Gasteiger charge is 2.64. The highest BCUT2D eigenvalue weighted by atomic mass is 32.2. The van der Waals surface area contributed by atoms with E-state index in [-0.39, 0.29) is 5.60 Å². The van der Waals surface area contributed by atoms with Gasteiger partial charge in [-0.05, 0) is 13.3 Å². The molecule has 0 amide bonds. The number of epoxide rings is 1. The molecule has 2 heterocycles. The lowest BCUT2D eigenvalue weighted by Gasteiger charge is -1.93. The van der Waals surface area contributed by atoms with Crippen molar-refractivity contribution in [2.75, 3.05) is 5.75 Å². The Hall–Kier alpha value is -0.0900. The van der Waals surface area contributed by atoms with E-state index in [0.717, 1.165) is 0 Å². The van der Waals surface area contributed by atoms with E-state index >= 15 is 0 Å². The molecule has 0 saturated carbocycles. The lowest BCUT2D eigenvalue weighted by Crippen LogP contribution is -2.06. The number of rotatable bonds is 0. The van der Waals surface area contributed by atoms with Gasteiger partial charge in [0.1, 0.15) is 5.60 Å². The zero-order valence-corrected chi connectivity index (χ0v) is 5.94. The summed E-state index contributed by atoms with van der Waals surface area (Å²) >= 11 is 0. The molecule has 9 heavy (non-hydrogen) atoms. The molecule has 0 spiro atoms. The average molecular weight is 148 g/mol. The van der Waals surface area contributed by atoms with E-state index in [4.69, 9.17) is 4.74 Å². The van der Waals surface area contributed by atoms with E-state index in [1.807, 2.05) is 6.92 Å². The molecule has 2 atom stereocenters. The van der Waals surface area contributed by atoms with Gasteiger partial charge in [-0.1, -0.05) is 0 Å². The fourth-order valence-electron chi connectivity index (χ4n) is 1.29. The molecule has 0 aromatic carbocycles. The van der Waals surface area contributed by atoms with Crippen molar-refractivity contribution < 1.29 is 13.2 Å². The van der Waals surface area contributed by atoms with Gasteiger partial charge >= 0.3 is 0 Å². The van der Waals surface area contributed by atoms with Crippen LogP contribution in [0.5, 0.6) is 0 Å². The van der Waals surface area contributed by atoms with E-state index in [0.29, 0.717) is 12.2 Å². The minimum absolute atomic E-state index is 0.293.